The molecule has 1 rings (SSSR count). The summed E-state index contributed by atoms with van der Waals surface area (Å²) in [5.74, 6) is 0.870. The molecular weight excluding hydrogens is 236 g/mol. The smallest absolute Gasteiger partial charge is 0.0709 e. The van der Waals surface area contributed by atoms with Gasteiger partial charge in [0, 0.05) is 19.7 Å². The molecule has 0 spiro atoms. The van der Waals surface area contributed by atoms with Crippen molar-refractivity contribution in [1.82, 2.24) is 4.90 Å². The van der Waals surface area contributed by atoms with Crippen molar-refractivity contribution >= 4 is 0 Å². The van der Waals surface area contributed by atoms with Crippen LogP contribution >= 0.6 is 0 Å². The van der Waals surface area contributed by atoms with Crippen molar-refractivity contribution < 1.29 is 4.74 Å². The van der Waals surface area contributed by atoms with Crippen molar-refractivity contribution in [2.45, 2.75) is 59.5 Å². The average Bonchev–Trinajstić information content (AvgIpc) is 2.59. The molecule has 114 valence electrons. The van der Waals surface area contributed by atoms with Crippen LogP contribution < -0.4 is 5.73 Å². The molecule has 1 saturated heterocycles. The maximum absolute atomic E-state index is 5.74. The lowest BCUT2D eigenvalue weighted by molar-refractivity contribution is 0.0543. The largest absolute Gasteiger partial charge is 0.377 e. The molecule has 3 heteroatoms. The number of hydrogen-bond acceptors (Lipinski definition) is 3. The van der Waals surface area contributed by atoms with E-state index in [-0.39, 0.29) is 6.10 Å². The van der Waals surface area contributed by atoms with Crippen LogP contribution in [0.5, 0.6) is 0 Å². The van der Waals surface area contributed by atoms with E-state index in [0.29, 0.717) is 12.0 Å². The Morgan fingerprint density at radius 3 is 2.58 bits per heavy atom. The van der Waals surface area contributed by atoms with Gasteiger partial charge in [0.2, 0.25) is 0 Å². The van der Waals surface area contributed by atoms with E-state index in [0.717, 1.165) is 25.5 Å². The highest BCUT2D eigenvalue weighted by molar-refractivity contribution is 4.79. The molecule has 1 aliphatic rings. The molecule has 2 N–H and O–H groups in total. The number of rotatable bonds is 6. The molecule has 19 heavy (non-hydrogen) atoms. The highest BCUT2D eigenvalue weighted by atomic mass is 16.5. The lowest BCUT2D eigenvalue weighted by Gasteiger charge is -2.30. The first-order chi connectivity index (χ1) is 8.97. The average molecular weight is 270 g/mol. The number of ether oxygens (including phenoxy) is 1. The third-order valence-electron chi connectivity index (χ3n) is 4.48. The molecule has 1 fully saturated rings. The van der Waals surface area contributed by atoms with E-state index in [9.17, 15) is 0 Å². The van der Waals surface area contributed by atoms with Crippen LogP contribution in [0, 0.1) is 11.3 Å². The fraction of sp³-hybridized carbons (Fsp3) is 1.00. The van der Waals surface area contributed by atoms with Crippen LogP contribution in [0.4, 0.5) is 0 Å². The van der Waals surface area contributed by atoms with Gasteiger partial charge >= 0.3 is 0 Å². The quantitative estimate of drug-likeness (QED) is 0.806. The van der Waals surface area contributed by atoms with Crippen molar-refractivity contribution in [1.29, 1.82) is 0 Å². The minimum atomic E-state index is 0.242. The highest BCUT2D eigenvalue weighted by Gasteiger charge is 2.27. The molecule has 0 aromatic rings. The molecule has 0 aromatic heterocycles. The molecule has 0 aliphatic carbocycles. The topological polar surface area (TPSA) is 38.5 Å². The van der Waals surface area contributed by atoms with Gasteiger partial charge in [-0.3, -0.25) is 0 Å². The number of likely N-dealkylation sites (tertiary alicyclic amines) is 1. The van der Waals surface area contributed by atoms with E-state index in [2.05, 4.69) is 25.7 Å². The molecule has 0 bridgehead atoms. The molecular formula is C16H34N2O. The van der Waals surface area contributed by atoms with E-state index >= 15 is 0 Å². The molecule has 0 saturated carbocycles. The SMILES string of the molecule is CCOC(CN)CCN1CCCC(C(C)(C)C)CC1. The lowest BCUT2D eigenvalue weighted by Crippen LogP contribution is -2.32. The Bertz CT molecular complexity index is 237. The standard InChI is InChI=1S/C16H34N2O/c1-5-19-15(13-17)9-12-18-10-6-7-14(8-11-18)16(2,3)4/h14-15H,5-13,17H2,1-4H3. The first kappa shape index (κ1) is 16.9. The van der Waals surface area contributed by atoms with E-state index in [1.54, 1.807) is 0 Å². The summed E-state index contributed by atoms with van der Waals surface area (Å²) in [6.45, 7) is 14.2. The van der Waals surface area contributed by atoms with Gasteiger partial charge in [-0.05, 0) is 57.0 Å². The Hall–Kier alpha value is -0.120. The Kier molecular flexibility index (Phi) is 7.33. The van der Waals surface area contributed by atoms with Crippen LogP contribution in [0.25, 0.3) is 0 Å². The Balaban J connectivity index is 2.33. The van der Waals surface area contributed by atoms with Crippen molar-refractivity contribution in [2.24, 2.45) is 17.1 Å². The Morgan fingerprint density at radius 1 is 1.26 bits per heavy atom. The summed E-state index contributed by atoms with van der Waals surface area (Å²) < 4.78 is 5.64. The first-order valence-electron chi connectivity index (χ1n) is 8.01. The third kappa shape index (κ3) is 6.24. The van der Waals surface area contributed by atoms with Gasteiger partial charge in [0.25, 0.3) is 0 Å². The summed E-state index contributed by atoms with van der Waals surface area (Å²) in [6, 6.07) is 0. The van der Waals surface area contributed by atoms with Crippen LogP contribution in [-0.2, 0) is 4.74 Å². The van der Waals surface area contributed by atoms with Gasteiger partial charge in [0.1, 0.15) is 0 Å². The molecule has 0 amide bonds. The summed E-state index contributed by atoms with van der Waals surface area (Å²) in [7, 11) is 0. The Labute approximate surface area is 119 Å². The van der Waals surface area contributed by atoms with Gasteiger partial charge in [-0.2, -0.15) is 0 Å². The second-order valence-electron chi connectivity index (χ2n) is 6.94. The predicted octanol–water partition coefficient (Wildman–Crippen LogP) is 2.89. The van der Waals surface area contributed by atoms with Gasteiger partial charge in [-0.15, -0.1) is 0 Å². The summed E-state index contributed by atoms with van der Waals surface area (Å²) in [5, 5.41) is 0. The zero-order valence-electron chi connectivity index (χ0n) is 13.5. The van der Waals surface area contributed by atoms with E-state index in [4.69, 9.17) is 10.5 Å². The zero-order valence-corrected chi connectivity index (χ0v) is 13.5. The fourth-order valence-electron chi connectivity index (χ4n) is 3.08. The second-order valence-corrected chi connectivity index (χ2v) is 6.94. The summed E-state index contributed by atoms with van der Waals surface area (Å²) in [5.41, 5.74) is 6.20. The second kappa shape index (κ2) is 8.23. The number of nitrogens with two attached hydrogens (primary N) is 1. The first-order valence-corrected chi connectivity index (χ1v) is 8.01. The minimum Gasteiger partial charge on any atom is -0.377 e. The predicted molar refractivity (Wildman–Crippen MR) is 82.3 cm³/mol. The lowest BCUT2D eigenvalue weighted by atomic mass is 9.77. The summed E-state index contributed by atoms with van der Waals surface area (Å²) >= 11 is 0. The molecule has 1 heterocycles. The maximum Gasteiger partial charge on any atom is 0.0709 e. The van der Waals surface area contributed by atoms with E-state index in [1.807, 2.05) is 6.92 Å². The summed E-state index contributed by atoms with van der Waals surface area (Å²) in [6.07, 6.45) is 5.37. The third-order valence-corrected chi connectivity index (χ3v) is 4.48. The number of hydrogen-bond donors (Lipinski definition) is 1. The van der Waals surface area contributed by atoms with Gasteiger partial charge < -0.3 is 15.4 Å². The van der Waals surface area contributed by atoms with Gasteiger partial charge in [-0.25, -0.2) is 0 Å². The molecule has 3 nitrogen and oxygen atoms in total. The monoisotopic (exact) mass is 270 g/mol. The zero-order chi connectivity index (χ0) is 14.3. The summed E-state index contributed by atoms with van der Waals surface area (Å²) in [4.78, 5) is 2.60. The van der Waals surface area contributed by atoms with Crippen molar-refractivity contribution in [3.05, 3.63) is 0 Å². The van der Waals surface area contributed by atoms with Gasteiger partial charge in [0.05, 0.1) is 6.10 Å². The van der Waals surface area contributed by atoms with E-state index in [1.165, 1.54) is 32.4 Å². The molecule has 2 unspecified atom stereocenters. The maximum atomic E-state index is 5.74. The van der Waals surface area contributed by atoms with Crippen LogP contribution in [0.3, 0.4) is 0 Å². The van der Waals surface area contributed by atoms with Gasteiger partial charge in [0.15, 0.2) is 0 Å². The van der Waals surface area contributed by atoms with Crippen LogP contribution in [-0.4, -0.2) is 43.8 Å². The number of nitrogens with zero attached hydrogens (tertiary/aromatic N) is 1. The minimum absolute atomic E-state index is 0.242. The van der Waals surface area contributed by atoms with Crippen LogP contribution in [0.1, 0.15) is 53.4 Å². The highest BCUT2D eigenvalue weighted by Crippen LogP contribution is 2.34. The van der Waals surface area contributed by atoms with Crippen LogP contribution in [0.15, 0.2) is 0 Å². The van der Waals surface area contributed by atoms with Crippen LogP contribution in [0.2, 0.25) is 0 Å². The molecule has 0 radical (unpaired) electrons. The van der Waals surface area contributed by atoms with E-state index < -0.39 is 0 Å². The molecule has 1 aliphatic heterocycles. The van der Waals surface area contributed by atoms with Crippen molar-refractivity contribution in [2.75, 3.05) is 32.8 Å². The van der Waals surface area contributed by atoms with Crippen molar-refractivity contribution in [3.63, 3.8) is 0 Å². The molecule has 0 aromatic carbocycles. The van der Waals surface area contributed by atoms with Crippen molar-refractivity contribution in [3.8, 4) is 0 Å². The van der Waals surface area contributed by atoms with Gasteiger partial charge in [-0.1, -0.05) is 20.8 Å². The molecule has 2 atom stereocenters. The normalized spacial score (nSPS) is 24.2. The fourth-order valence-corrected chi connectivity index (χ4v) is 3.08. The Morgan fingerprint density at radius 2 is 2.00 bits per heavy atom.